The molecule has 3 rings (SSSR count). The molecule has 6 nitrogen and oxygen atoms in total. The number of aryl methyl sites for hydroxylation is 1. The summed E-state index contributed by atoms with van der Waals surface area (Å²) in [7, 11) is -2.40. The third kappa shape index (κ3) is 6.51. The number of hydrogen-bond acceptors (Lipinski definition) is 4. The second-order valence-corrected chi connectivity index (χ2v) is 10.7. The Kier molecular flexibility index (Phi) is 8.60. The van der Waals surface area contributed by atoms with Gasteiger partial charge in [0, 0.05) is 16.6 Å². The minimum absolute atomic E-state index is 0.0868. The van der Waals surface area contributed by atoms with E-state index < -0.39 is 15.9 Å². The van der Waals surface area contributed by atoms with Crippen molar-refractivity contribution in [2.24, 2.45) is 0 Å². The zero-order valence-electron chi connectivity index (χ0n) is 19.1. The Morgan fingerprint density at radius 2 is 1.68 bits per heavy atom. The molecule has 0 saturated heterocycles. The second kappa shape index (κ2) is 11.2. The molecule has 0 aliphatic heterocycles. The van der Waals surface area contributed by atoms with Crippen molar-refractivity contribution in [3.63, 3.8) is 0 Å². The van der Waals surface area contributed by atoms with Crippen LogP contribution in [0.4, 0.5) is 0 Å². The summed E-state index contributed by atoms with van der Waals surface area (Å²) in [5.41, 5.74) is 2.33. The second-order valence-electron chi connectivity index (χ2n) is 7.88. The number of carbonyl (C=O) groups is 1. The molecule has 1 N–H and O–H groups in total. The van der Waals surface area contributed by atoms with Crippen LogP contribution in [-0.4, -0.2) is 32.3 Å². The third-order valence-corrected chi connectivity index (χ3v) is 7.73. The standard InChI is InChI=1S/C25H26Cl2N2O4S/c1-17-4-12-23(13-5-17)34(31,32)29(15-20-6-9-21(26)14-24(20)27)16-25(30)28-18(2)19-7-10-22(33-3)11-8-19/h4-14,18H,15-16H2,1-3H3,(H,28,30). The van der Waals surface area contributed by atoms with Crippen molar-refractivity contribution in [2.75, 3.05) is 13.7 Å². The number of nitrogens with one attached hydrogen (secondary N) is 1. The van der Waals surface area contributed by atoms with Gasteiger partial charge < -0.3 is 10.1 Å². The number of hydrogen-bond donors (Lipinski definition) is 1. The number of benzene rings is 3. The molecule has 0 aliphatic rings. The van der Waals surface area contributed by atoms with E-state index >= 15 is 0 Å². The summed E-state index contributed by atoms with van der Waals surface area (Å²) in [6.07, 6.45) is 0. The van der Waals surface area contributed by atoms with E-state index in [9.17, 15) is 13.2 Å². The lowest BCUT2D eigenvalue weighted by Crippen LogP contribution is -2.41. The molecule has 9 heteroatoms. The van der Waals surface area contributed by atoms with Crippen molar-refractivity contribution in [1.29, 1.82) is 0 Å². The maximum Gasteiger partial charge on any atom is 0.243 e. The van der Waals surface area contributed by atoms with Gasteiger partial charge in [-0.3, -0.25) is 4.79 Å². The number of methoxy groups -OCH3 is 1. The molecule has 180 valence electrons. The van der Waals surface area contributed by atoms with Crippen molar-refractivity contribution in [3.8, 4) is 5.75 Å². The summed E-state index contributed by atoms with van der Waals surface area (Å²) in [4.78, 5) is 13.0. The van der Waals surface area contributed by atoms with Crippen LogP contribution in [0.3, 0.4) is 0 Å². The molecule has 3 aromatic rings. The van der Waals surface area contributed by atoms with Crippen LogP contribution in [0.25, 0.3) is 0 Å². The summed E-state index contributed by atoms with van der Waals surface area (Å²) in [5.74, 6) is 0.265. The maximum atomic E-state index is 13.5. The van der Waals surface area contributed by atoms with Crippen molar-refractivity contribution < 1.29 is 17.9 Å². The highest BCUT2D eigenvalue weighted by Crippen LogP contribution is 2.25. The molecule has 0 radical (unpaired) electrons. The van der Waals surface area contributed by atoms with Crippen molar-refractivity contribution >= 4 is 39.1 Å². The minimum atomic E-state index is -3.98. The number of nitrogens with zero attached hydrogens (tertiary/aromatic N) is 1. The molecule has 0 aromatic heterocycles. The fraction of sp³-hybridized carbons (Fsp3) is 0.240. The Morgan fingerprint density at radius 1 is 1.03 bits per heavy atom. The van der Waals surface area contributed by atoms with E-state index in [4.69, 9.17) is 27.9 Å². The van der Waals surface area contributed by atoms with Gasteiger partial charge in [-0.25, -0.2) is 8.42 Å². The predicted molar refractivity (Wildman–Crippen MR) is 135 cm³/mol. The van der Waals surface area contributed by atoms with Gasteiger partial charge in [-0.15, -0.1) is 0 Å². The van der Waals surface area contributed by atoms with E-state index in [1.54, 1.807) is 49.6 Å². The van der Waals surface area contributed by atoms with Crippen LogP contribution in [0.2, 0.25) is 10.0 Å². The lowest BCUT2D eigenvalue weighted by atomic mass is 10.1. The van der Waals surface area contributed by atoms with E-state index in [0.29, 0.717) is 21.4 Å². The van der Waals surface area contributed by atoms with E-state index in [-0.39, 0.29) is 24.0 Å². The maximum absolute atomic E-state index is 13.5. The zero-order chi connectivity index (χ0) is 24.9. The Bertz CT molecular complexity index is 1250. The minimum Gasteiger partial charge on any atom is -0.497 e. The van der Waals surface area contributed by atoms with Crippen molar-refractivity contribution in [2.45, 2.75) is 31.3 Å². The van der Waals surface area contributed by atoms with E-state index in [2.05, 4.69) is 5.32 Å². The SMILES string of the molecule is COc1ccc(C(C)NC(=O)CN(Cc2ccc(Cl)cc2Cl)S(=O)(=O)c2ccc(C)cc2)cc1. The van der Waals surface area contributed by atoms with E-state index in [1.165, 1.54) is 12.1 Å². The average Bonchev–Trinajstić information content (AvgIpc) is 2.80. The Hall–Kier alpha value is -2.58. The van der Waals surface area contributed by atoms with Crippen LogP contribution in [0.5, 0.6) is 5.75 Å². The van der Waals surface area contributed by atoms with Gasteiger partial charge in [-0.1, -0.05) is 59.1 Å². The fourth-order valence-electron chi connectivity index (χ4n) is 3.35. The molecule has 1 atom stereocenters. The number of sulfonamides is 1. The highest BCUT2D eigenvalue weighted by molar-refractivity contribution is 7.89. The van der Waals surface area contributed by atoms with Gasteiger partial charge in [0.15, 0.2) is 0 Å². The molecule has 0 aliphatic carbocycles. The van der Waals surface area contributed by atoms with Gasteiger partial charge in [-0.05, 0) is 61.4 Å². The van der Waals surface area contributed by atoms with Crippen LogP contribution in [0.15, 0.2) is 71.6 Å². The summed E-state index contributed by atoms with van der Waals surface area (Å²) >= 11 is 12.3. The smallest absolute Gasteiger partial charge is 0.243 e. The molecule has 3 aromatic carbocycles. The molecular formula is C25H26Cl2N2O4S. The first-order valence-electron chi connectivity index (χ1n) is 10.5. The molecular weight excluding hydrogens is 495 g/mol. The van der Waals surface area contributed by atoms with E-state index in [0.717, 1.165) is 15.4 Å². The first-order valence-corrected chi connectivity index (χ1v) is 12.7. The Morgan fingerprint density at radius 3 is 2.26 bits per heavy atom. The van der Waals surface area contributed by atoms with Gasteiger partial charge >= 0.3 is 0 Å². The highest BCUT2D eigenvalue weighted by Gasteiger charge is 2.28. The van der Waals surface area contributed by atoms with Gasteiger partial charge in [0.1, 0.15) is 5.75 Å². The number of ether oxygens (including phenoxy) is 1. The van der Waals surface area contributed by atoms with Crippen molar-refractivity contribution in [1.82, 2.24) is 9.62 Å². The molecule has 1 unspecified atom stereocenters. The van der Waals surface area contributed by atoms with Crippen LogP contribution in [0.1, 0.15) is 29.7 Å². The summed E-state index contributed by atoms with van der Waals surface area (Å²) in [6, 6.07) is 18.3. The van der Waals surface area contributed by atoms with E-state index in [1.807, 2.05) is 26.0 Å². The third-order valence-electron chi connectivity index (χ3n) is 5.33. The topological polar surface area (TPSA) is 75.7 Å². The zero-order valence-corrected chi connectivity index (χ0v) is 21.4. The van der Waals surface area contributed by atoms with Crippen LogP contribution in [0, 0.1) is 6.92 Å². The lowest BCUT2D eigenvalue weighted by molar-refractivity contribution is -0.122. The number of rotatable bonds is 9. The molecule has 34 heavy (non-hydrogen) atoms. The summed E-state index contributed by atoms with van der Waals surface area (Å²) in [6.45, 7) is 3.23. The molecule has 0 bridgehead atoms. The van der Waals surface area contributed by atoms with Gasteiger partial charge in [-0.2, -0.15) is 4.31 Å². The van der Waals surface area contributed by atoms with Gasteiger partial charge in [0.2, 0.25) is 15.9 Å². The average molecular weight is 521 g/mol. The van der Waals surface area contributed by atoms with Crippen LogP contribution in [-0.2, 0) is 21.4 Å². The lowest BCUT2D eigenvalue weighted by Gasteiger charge is -2.24. The van der Waals surface area contributed by atoms with Crippen LogP contribution < -0.4 is 10.1 Å². The Labute approximate surface area is 210 Å². The quantitative estimate of drug-likeness (QED) is 0.411. The molecule has 0 fully saturated rings. The largest absolute Gasteiger partial charge is 0.497 e. The fourth-order valence-corrected chi connectivity index (χ4v) is 5.19. The molecule has 0 spiro atoms. The summed E-state index contributed by atoms with van der Waals surface area (Å²) in [5, 5.41) is 3.63. The molecule has 1 amide bonds. The van der Waals surface area contributed by atoms with Gasteiger partial charge in [0.05, 0.1) is 24.6 Å². The highest BCUT2D eigenvalue weighted by atomic mass is 35.5. The molecule has 0 heterocycles. The first-order chi connectivity index (χ1) is 16.1. The number of amides is 1. The predicted octanol–water partition coefficient (Wildman–Crippen LogP) is 5.38. The van der Waals surface area contributed by atoms with Gasteiger partial charge in [0.25, 0.3) is 0 Å². The normalized spacial score (nSPS) is 12.4. The number of halogens is 2. The Balaban J connectivity index is 1.84. The summed E-state index contributed by atoms with van der Waals surface area (Å²) < 4.78 is 33.2. The number of carbonyl (C=O) groups excluding carboxylic acids is 1. The van der Waals surface area contributed by atoms with Crippen molar-refractivity contribution in [3.05, 3.63) is 93.5 Å². The first kappa shape index (κ1) is 26.0. The van der Waals surface area contributed by atoms with Crippen LogP contribution >= 0.6 is 23.2 Å². The molecule has 0 saturated carbocycles. The monoisotopic (exact) mass is 520 g/mol.